The highest BCUT2D eigenvalue weighted by molar-refractivity contribution is 5.32. The predicted molar refractivity (Wildman–Crippen MR) is 66.3 cm³/mol. The summed E-state index contributed by atoms with van der Waals surface area (Å²) < 4.78 is 13.0. The molecule has 0 spiro atoms. The monoisotopic (exact) mass is 237 g/mol. The lowest BCUT2D eigenvalue weighted by molar-refractivity contribution is 0.376. The zero-order valence-electron chi connectivity index (χ0n) is 10.2. The van der Waals surface area contributed by atoms with E-state index in [9.17, 15) is 9.50 Å². The second-order valence-corrected chi connectivity index (χ2v) is 4.99. The minimum atomic E-state index is -0.298. The molecule has 1 fully saturated rings. The van der Waals surface area contributed by atoms with E-state index in [-0.39, 0.29) is 11.6 Å². The molecule has 0 amide bonds. The van der Waals surface area contributed by atoms with Gasteiger partial charge in [-0.15, -0.1) is 0 Å². The molecule has 1 unspecified atom stereocenters. The third-order valence-electron chi connectivity index (χ3n) is 3.76. The Hall–Kier alpha value is -1.09. The molecule has 1 aromatic carbocycles. The number of benzene rings is 1. The number of rotatable bonds is 4. The molecule has 2 rings (SSSR count). The van der Waals surface area contributed by atoms with Crippen molar-refractivity contribution in [2.24, 2.45) is 5.92 Å². The normalized spacial score (nSPS) is 18.5. The Morgan fingerprint density at radius 2 is 2.12 bits per heavy atom. The van der Waals surface area contributed by atoms with Crippen LogP contribution in [0.1, 0.15) is 38.2 Å². The topological polar surface area (TPSA) is 32.3 Å². The van der Waals surface area contributed by atoms with Crippen LogP contribution in [0.4, 0.5) is 4.39 Å². The van der Waals surface area contributed by atoms with Gasteiger partial charge in [0.15, 0.2) is 0 Å². The summed E-state index contributed by atoms with van der Waals surface area (Å²) in [6, 6.07) is 4.51. The number of halogens is 1. The summed E-state index contributed by atoms with van der Waals surface area (Å²) >= 11 is 0. The average Bonchev–Trinajstić information content (AvgIpc) is 2.83. The fourth-order valence-corrected chi connectivity index (χ4v) is 2.59. The lowest BCUT2D eigenvalue weighted by atomic mass is 9.99. The van der Waals surface area contributed by atoms with Gasteiger partial charge in [-0.1, -0.05) is 12.8 Å². The van der Waals surface area contributed by atoms with Crippen molar-refractivity contribution < 1.29 is 9.50 Å². The van der Waals surface area contributed by atoms with Crippen molar-refractivity contribution in [3.8, 4) is 5.75 Å². The SMILES string of the molecule is CC(NCc1cc(F)ccc1O)C1CCCC1. The van der Waals surface area contributed by atoms with E-state index in [0.717, 1.165) is 5.92 Å². The van der Waals surface area contributed by atoms with Gasteiger partial charge in [0.1, 0.15) is 11.6 Å². The number of hydrogen-bond donors (Lipinski definition) is 2. The molecular formula is C14H20FNO. The van der Waals surface area contributed by atoms with Gasteiger partial charge in [0.05, 0.1) is 0 Å². The molecule has 0 aliphatic heterocycles. The van der Waals surface area contributed by atoms with Gasteiger partial charge in [-0.05, 0) is 43.9 Å². The summed E-state index contributed by atoms with van der Waals surface area (Å²) in [5, 5.41) is 13.0. The van der Waals surface area contributed by atoms with Crippen molar-refractivity contribution in [1.82, 2.24) is 5.32 Å². The van der Waals surface area contributed by atoms with Crippen LogP contribution in [0.5, 0.6) is 5.75 Å². The van der Waals surface area contributed by atoms with Crippen LogP contribution in [-0.4, -0.2) is 11.1 Å². The van der Waals surface area contributed by atoms with Crippen LogP contribution in [0.2, 0.25) is 0 Å². The van der Waals surface area contributed by atoms with Gasteiger partial charge in [-0.3, -0.25) is 0 Å². The van der Waals surface area contributed by atoms with Crippen molar-refractivity contribution in [3.63, 3.8) is 0 Å². The Balaban J connectivity index is 1.90. The van der Waals surface area contributed by atoms with Crippen molar-refractivity contribution in [1.29, 1.82) is 0 Å². The fourth-order valence-electron chi connectivity index (χ4n) is 2.59. The predicted octanol–water partition coefficient (Wildman–Crippen LogP) is 3.20. The van der Waals surface area contributed by atoms with Gasteiger partial charge in [-0.2, -0.15) is 0 Å². The lowest BCUT2D eigenvalue weighted by Gasteiger charge is -2.20. The summed E-state index contributed by atoms with van der Waals surface area (Å²) in [5.41, 5.74) is 0.634. The smallest absolute Gasteiger partial charge is 0.123 e. The van der Waals surface area contributed by atoms with Crippen LogP contribution in [0, 0.1) is 11.7 Å². The van der Waals surface area contributed by atoms with Crippen molar-refractivity contribution >= 4 is 0 Å². The molecule has 1 aliphatic rings. The maximum absolute atomic E-state index is 13.0. The standard InChI is InChI=1S/C14H20FNO/c1-10(11-4-2-3-5-11)16-9-12-8-13(15)6-7-14(12)17/h6-8,10-11,16-17H,2-5,9H2,1H3. The van der Waals surface area contributed by atoms with Crippen LogP contribution >= 0.6 is 0 Å². The molecule has 2 N–H and O–H groups in total. The average molecular weight is 237 g/mol. The molecular weight excluding hydrogens is 217 g/mol. The number of hydrogen-bond acceptors (Lipinski definition) is 2. The first-order valence-corrected chi connectivity index (χ1v) is 6.37. The van der Waals surface area contributed by atoms with E-state index >= 15 is 0 Å². The molecule has 1 saturated carbocycles. The Bertz CT molecular complexity index is 374. The molecule has 0 heterocycles. The largest absolute Gasteiger partial charge is 0.508 e. The highest BCUT2D eigenvalue weighted by Gasteiger charge is 2.21. The molecule has 0 radical (unpaired) electrons. The summed E-state index contributed by atoms with van der Waals surface area (Å²) in [5.74, 6) is 0.594. The number of phenols is 1. The summed E-state index contributed by atoms with van der Waals surface area (Å²) in [4.78, 5) is 0. The second kappa shape index (κ2) is 5.50. The van der Waals surface area contributed by atoms with Gasteiger partial charge in [0.25, 0.3) is 0 Å². The molecule has 94 valence electrons. The zero-order chi connectivity index (χ0) is 12.3. The van der Waals surface area contributed by atoms with E-state index in [1.807, 2.05) is 0 Å². The molecule has 2 nitrogen and oxygen atoms in total. The molecule has 3 heteroatoms. The quantitative estimate of drug-likeness (QED) is 0.842. The molecule has 1 aliphatic carbocycles. The summed E-state index contributed by atoms with van der Waals surface area (Å²) in [6.45, 7) is 2.70. The number of aromatic hydroxyl groups is 1. The molecule has 1 atom stereocenters. The Morgan fingerprint density at radius 1 is 1.41 bits per heavy atom. The van der Waals surface area contributed by atoms with Crippen molar-refractivity contribution in [2.75, 3.05) is 0 Å². The Labute approximate surface area is 102 Å². The Kier molecular flexibility index (Phi) is 4.00. The molecule has 17 heavy (non-hydrogen) atoms. The van der Waals surface area contributed by atoms with Crippen LogP contribution in [0.25, 0.3) is 0 Å². The van der Waals surface area contributed by atoms with Gasteiger partial charge in [0, 0.05) is 18.2 Å². The van der Waals surface area contributed by atoms with E-state index in [0.29, 0.717) is 18.2 Å². The molecule has 0 bridgehead atoms. The van der Waals surface area contributed by atoms with Crippen LogP contribution in [0.3, 0.4) is 0 Å². The first kappa shape index (κ1) is 12.4. The minimum Gasteiger partial charge on any atom is -0.508 e. The lowest BCUT2D eigenvalue weighted by Crippen LogP contribution is -2.31. The van der Waals surface area contributed by atoms with E-state index in [1.165, 1.54) is 43.9 Å². The third-order valence-corrected chi connectivity index (χ3v) is 3.76. The van der Waals surface area contributed by atoms with Gasteiger partial charge < -0.3 is 10.4 Å². The van der Waals surface area contributed by atoms with E-state index in [2.05, 4.69) is 12.2 Å². The van der Waals surface area contributed by atoms with Crippen LogP contribution < -0.4 is 5.32 Å². The van der Waals surface area contributed by atoms with E-state index in [1.54, 1.807) is 0 Å². The third kappa shape index (κ3) is 3.19. The Morgan fingerprint density at radius 3 is 2.82 bits per heavy atom. The second-order valence-electron chi connectivity index (χ2n) is 4.99. The summed E-state index contributed by atoms with van der Waals surface area (Å²) in [7, 11) is 0. The van der Waals surface area contributed by atoms with Crippen LogP contribution in [-0.2, 0) is 6.54 Å². The molecule has 1 aromatic rings. The van der Waals surface area contributed by atoms with Gasteiger partial charge >= 0.3 is 0 Å². The molecule has 0 aromatic heterocycles. The highest BCUT2D eigenvalue weighted by atomic mass is 19.1. The first-order valence-electron chi connectivity index (χ1n) is 6.37. The maximum atomic E-state index is 13.0. The molecule has 0 saturated heterocycles. The maximum Gasteiger partial charge on any atom is 0.123 e. The van der Waals surface area contributed by atoms with Crippen LogP contribution in [0.15, 0.2) is 18.2 Å². The van der Waals surface area contributed by atoms with E-state index < -0.39 is 0 Å². The zero-order valence-corrected chi connectivity index (χ0v) is 10.2. The highest BCUT2D eigenvalue weighted by Crippen LogP contribution is 2.28. The number of phenolic OH excluding ortho intramolecular Hbond substituents is 1. The first-order chi connectivity index (χ1) is 8.16. The number of nitrogens with one attached hydrogen (secondary N) is 1. The fraction of sp³-hybridized carbons (Fsp3) is 0.571. The van der Waals surface area contributed by atoms with Gasteiger partial charge in [0.2, 0.25) is 0 Å². The summed E-state index contributed by atoms with van der Waals surface area (Å²) in [6.07, 6.45) is 5.20. The minimum absolute atomic E-state index is 0.164. The van der Waals surface area contributed by atoms with Gasteiger partial charge in [-0.25, -0.2) is 4.39 Å². The van der Waals surface area contributed by atoms with E-state index in [4.69, 9.17) is 0 Å². The van der Waals surface area contributed by atoms with Crippen molar-refractivity contribution in [3.05, 3.63) is 29.6 Å². The van der Waals surface area contributed by atoms with Crippen molar-refractivity contribution in [2.45, 2.75) is 45.2 Å².